The molecule has 2 rings (SSSR count). The van der Waals surface area contributed by atoms with Crippen LogP contribution in [-0.2, 0) is 16.1 Å². The standard InChI is InChI=1S/C12H21N5O2/c1-12(2)8-19-5-4-17(12)11-6-9(16-13)14-10(15-11)7-18-3/h6H,4-5,7-8,13H2,1-3H3,(H,14,15,16). The van der Waals surface area contributed by atoms with Crippen LogP contribution >= 0.6 is 0 Å². The van der Waals surface area contributed by atoms with Gasteiger partial charge in [0.15, 0.2) is 5.82 Å². The normalized spacial score (nSPS) is 18.4. The van der Waals surface area contributed by atoms with E-state index in [1.54, 1.807) is 7.11 Å². The van der Waals surface area contributed by atoms with Crippen LogP contribution in [-0.4, -0.2) is 42.4 Å². The molecule has 7 heteroatoms. The summed E-state index contributed by atoms with van der Waals surface area (Å²) in [5.74, 6) is 7.48. The van der Waals surface area contributed by atoms with Crippen molar-refractivity contribution in [3.63, 3.8) is 0 Å². The SMILES string of the molecule is COCc1nc(NN)cc(N2CCOCC2(C)C)n1. The fraction of sp³-hybridized carbons (Fsp3) is 0.667. The first-order chi connectivity index (χ1) is 9.06. The van der Waals surface area contributed by atoms with Crippen LogP contribution in [0.2, 0.25) is 0 Å². The van der Waals surface area contributed by atoms with Crippen molar-refractivity contribution in [1.29, 1.82) is 0 Å². The lowest BCUT2D eigenvalue weighted by molar-refractivity contribution is 0.0638. The summed E-state index contributed by atoms with van der Waals surface area (Å²) < 4.78 is 10.6. The predicted molar refractivity (Wildman–Crippen MR) is 72.8 cm³/mol. The molecule has 3 N–H and O–H groups in total. The molecule has 7 nitrogen and oxygen atoms in total. The van der Waals surface area contributed by atoms with E-state index in [1.807, 2.05) is 6.07 Å². The number of morpholine rings is 1. The second-order valence-corrected chi connectivity index (χ2v) is 5.12. The topological polar surface area (TPSA) is 85.5 Å². The molecule has 0 aliphatic carbocycles. The highest BCUT2D eigenvalue weighted by atomic mass is 16.5. The van der Waals surface area contributed by atoms with Gasteiger partial charge in [-0.05, 0) is 13.8 Å². The van der Waals surface area contributed by atoms with Crippen LogP contribution in [0.15, 0.2) is 6.07 Å². The van der Waals surface area contributed by atoms with E-state index >= 15 is 0 Å². The Kier molecular flexibility index (Phi) is 4.18. The number of hydrogen-bond acceptors (Lipinski definition) is 7. The molecule has 2 heterocycles. The molecule has 1 saturated heterocycles. The lowest BCUT2D eigenvalue weighted by Crippen LogP contribution is -2.53. The summed E-state index contributed by atoms with van der Waals surface area (Å²) in [6.07, 6.45) is 0. The Bertz CT molecular complexity index is 438. The maximum atomic E-state index is 5.52. The van der Waals surface area contributed by atoms with Gasteiger partial charge in [0.2, 0.25) is 0 Å². The summed E-state index contributed by atoms with van der Waals surface area (Å²) in [6, 6.07) is 1.84. The van der Waals surface area contributed by atoms with Gasteiger partial charge in [0.25, 0.3) is 0 Å². The zero-order valence-corrected chi connectivity index (χ0v) is 11.6. The summed E-state index contributed by atoms with van der Waals surface area (Å²) in [5.41, 5.74) is 2.46. The average Bonchev–Trinajstić information content (AvgIpc) is 2.38. The van der Waals surface area contributed by atoms with Gasteiger partial charge >= 0.3 is 0 Å². The molecule has 0 spiro atoms. The number of aromatic nitrogens is 2. The lowest BCUT2D eigenvalue weighted by Gasteiger charge is -2.43. The Hall–Kier alpha value is -1.44. The van der Waals surface area contributed by atoms with Gasteiger partial charge < -0.3 is 19.8 Å². The van der Waals surface area contributed by atoms with Crippen molar-refractivity contribution in [3.8, 4) is 0 Å². The molecule has 0 unspecified atom stereocenters. The van der Waals surface area contributed by atoms with Crippen molar-refractivity contribution in [3.05, 3.63) is 11.9 Å². The molecule has 0 saturated carbocycles. The fourth-order valence-electron chi connectivity index (χ4n) is 2.17. The van der Waals surface area contributed by atoms with Crippen LogP contribution in [0.4, 0.5) is 11.6 Å². The highest BCUT2D eigenvalue weighted by Crippen LogP contribution is 2.26. The Labute approximate surface area is 113 Å². The Morgan fingerprint density at radius 2 is 2.32 bits per heavy atom. The molecule has 0 aromatic carbocycles. The summed E-state index contributed by atoms with van der Waals surface area (Å²) in [4.78, 5) is 11.0. The van der Waals surface area contributed by atoms with Gasteiger partial charge in [0, 0.05) is 19.7 Å². The zero-order chi connectivity index (χ0) is 13.9. The van der Waals surface area contributed by atoms with Crippen LogP contribution in [0.3, 0.4) is 0 Å². The van der Waals surface area contributed by atoms with Gasteiger partial charge in [-0.2, -0.15) is 0 Å². The van der Waals surface area contributed by atoms with Crippen molar-refractivity contribution in [1.82, 2.24) is 9.97 Å². The van der Waals surface area contributed by atoms with E-state index < -0.39 is 0 Å². The van der Waals surface area contributed by atoms with Gasteiger partial charge in [0.05, 0.1) is 18.8 Å². The van der Waals surface area contributed by atoms with E-state index in [0.29, 0.717) is 31.5 Å². The van der Waals surface area contributed by atoms with Crippen LogP contribution in [0.1, 0.15) is 19.7 Å². The summed E-state index contributed by atoms with van der Waals surface area (Å²) in [5, 5.41) is 0. The molecule has 1 aromatic heterocycles. The van der Waals surface area contributed by atoms with Crippen molar-refractivity contribution >= 4 is 11.6 Å². The van der Waals surface area contributed by atoms with Crippen LogP contribution in [0, 0.1) is 0 Å². The van der Waals surface area contributed by atoms with Crippen molar-refractivity contribution < 1.29 is 9.47 Å². The van der Waals surface area contributed by atoms with Crippen molar-refractivity contribution in [2.24, 2.45) is 5.84 Å². The van der Waals surface area contributed by atoms with Gasteiger partial charge in [-0.25, -0.2) is 15.8 Å². The van der Waals surface area contributed by atoms with Crippen LogP contribution in [0.5, 0.6) is 0 Å². The number of hydrazine groups is 1. The Morgan fingerprint density at radius 3 is 2.95 bits per heavy atom. The number of hydrogen-bond donors (Lipinski definition) is 2. The number of methoxy groups -OCH3 is 1. The molecule has 1 aromatic rings. The van der Waals surface area contributed by atoms with Gasteiger partial charge in [0.1, 0.15) is 18.2 Å². The zero-order valence-electron chi connectivity index (χ0n) is 11.6. The molecule has 0 radical (unpaired) electrons. The molecule has 1 aliphatic heterocycles. The summed E-state index contributed by atoms with van der Waals surface area (Å²) in [7, 11) is 1.62. The third-order valence-electron chi connectivity index (χ3n) is 3.10. The monoisotopic (exact) mass is 267 g/mol. The van der Waals surface area contributed by atoms with Crippen LogP contribution < -0.4 is 16.2 Å². The first kappa shape index (κ1) is 14.0. The Morgan fingerprint density at radius 1 is 1.53 bits per heavy atom. The number of nitrogens with two attached hydrogens (primary N) is 1. The van der Waals surface area contributed by atoms with E-state index in [4.69, 9.17) is 15.3 Å². The molecule has 106 valence electrons. The van der Waals surface area contributed by atoms with E-state index in [9.17, 15) is 0 Å². The molecule has 0 bridgehead atoms. The van der Waals surface area contributed by atoms with Gasteiger partial charge in [-0.15, -0.1) is 0 Å². The quantitative estimate of drug-likeness (QED) is 0.607. The second-order valence-electron chi connectivity index (χ2n) is 5.12. The third kappa shape index (κ3) is 3.12. The molecular weight excluding hydrogens is 246 g/mol. The highest BCUT2D eigenvalue weighted by molar-refractivity contribution is 5.51. The molecular formula is C12H21N5O2. The largest absolute Gasteiger partial charge is 0.377 e. The lowest BCUT2D eigenvalue weighted by atomic mass is 10.0. The van der Waals surface area contributed by atoms with Gasteiger partial charge in [-0.1, -0.05) is 0 Å². The number of nitrogens with one attached hydrogen (secondary N) is 1. The van der Waals surface area contributed by atoms with Crippen molar-refractivity contribution in [2.75, 3.05) is 37.2 Å². The summed E-state index contributed by atoms with van der Waals surface area (Å²) in [6.45, 7) is 6.76. The smallest absolute Gasteiger partial charge is 0.158 e. The first-order valence-electron chi connectivity index (χ1n) is 6.26. The fourth-order valence-corrected chi connectivity index (χ4v) is 2.17. The molecule has 19 heavy (non-hydrogen) atoms. The van der Waals surface area contributed by atoms with Crippen LogP contribution in [0.25, 0.3) is 0 Å². The minimum atomic E-state index is -0.108. The van der Waals surface area contributed by atoms with Crippen molar-refractivity contribution in [2.45, 2.75) is 26.0 Å². The molecule has 1 aliphatic rings. The molecule has 0 amide bonds. The second kappa shape index (κ2) is 5.68. The maximum absolute atomic E-state index is 5.52. The number of anilines is 2. The van der Waals surface area contributed by atoms with E-state index in [2.05, 4.69) is 34.1 Å². The third-order valence-corrected chi connectivity index (χ3v) is 3.10. The first-order valence-corrected chi connectivity index (χ1v) is 6.26. The maximum Gasteiger partial charge on any atom is 0.158 e. The van der Waals surface area contributed by atoms with E-state index in [-0.39, 0.29) is 5.54 Å². The average molecular weight is 267 g/mol. The number of nitrogen functional groups attached to an aromatic ring is 1. The number of rotatable bonds is 4. The molecule has 1 fully saturated rings. The number of nitrogens with zero attached hydrogens (tertiary/aromatic N) is 3. The number of ether oxygens (including phenoxy) is 2. The van der Waals surface area contributed by atoms with E-state index in [0.717, 1.165) is 12.4 Å². The minimum absolute atomic E-state index is 0.108. The molecule has 0 atom stereocenters. The van der Waals surface area contributed by atoms with E-state index in [1.165, 1.54) is 0 Å². The summed E-state index contributed by atoms with van der Waals surface area (Å²) >= 11 is 0. The predicted octanol–water partition coefficient (Wildman–Crippen LogP) is 0.524. The Balaban J connectivity index is 2.34. The van der Waals surface area contributed by atoms with Gasteiger partial charge in [-0.3, -0.25) is 0 Å². The highest BCUT2D eigenvalue weighted by Gasteiger charge is 2.32. The minimum Gasteiger partial charge on any atom is -0.377 e.